The van der Waals surface area contributed by atoms with Gasteiger partial charge in [0.15, 0.2) is 0 Å². The average molecular weight is 514 g/mol. The quantitative estimate of drug-likeness (QED) is 0.461. The third-order valence-electron chi connectivity index (χ3n) is 8.81. The Bertz CT molecular complexity index is 1300. The summed E-state index contributed by atoms with van der Waals surface area (Å²) in [7, 11) is 0. The van der Waals surface area contributed by atoms with E-state index in [9.17, 15) is 9.90 Å². The third-order valence-corrected chi connectivity index (χ3v) is 8.81. The number of nitrogens with zero attached hydrogens (tertiary/aromatic N) is 2. The number of anilines is 1. The van der Waals surface area contributed by atoms with Crippen LogP contribution in [0.2, 0.25) is 0 Å². The van der Waals surface area contributed by atoms with Gasteiger partial charge in [-0.05, 0) is 74.3 Å². The molecule has 3 aliphatic rings. The summed E-state index contributed by atoms with van der Waals surface area (Å²) in [6.07, 6.45) is 2.39. The molecule has 4 heterocycles. The van der Waals surface area contributed by atoms with E-state index in [4.69, 9.17) is 14.5 Å². The van der Waals surface area contributed by atoms with E-state index in [1.54, 1.807) is 0 Å². The highest BCUT2D eigenvalue weighted by Crippen LogP contribution is 2.50. The predicted molar refractivity (Wildman–Crippen MR) is 146 cm³/mol. The monoisotopic (exact) mass is 513 g/mol. The Balaban J connectivity index is 1.13. The van der Waals surface area contributed by atoms with Crippen LogP contribution in [-0.4, -0.2) is 48.4 Å². The van der Waals surface area contributed by atoms with Gasteiger partial charge in [-0.15, -0.1) is 0 Å². The molecular formula is C31H35N3O4. The minimum absolute atomic E-state index is 0.0715. The minimum atomic E-state index is -0.808. The number of hydrogen-bond acceptors (Lipinski definition) is 6. The lowest BCUT2D eigenvalue weighted by molar-refractivity contribution is -0.145. The summed E-state index contributed by atoms with van der Waals surface area (Å²) in [6.45, 7) is 6.52. The highest BCUT2D eigenvalue weighted by Gasteiger charge is 2.48. The molecule has 198 valence electrons. The van der Waals surface area contributed by atoms with Gasteiger partial charge >= 0.3 is 5.97 Å². The van der Waals surface area contributed by atoms with E-state index in [0.29, 0.717) is 25.9 Å². The first-order chi connectivity index (χ1) is 18.5. The Hall–Kier alpha value is -3.42. The molecule has 1 unspecified atom stereocenters. The van der Waals surface area contributed by atoms with Gasteiger partial charge in [0.05, 0.1) is 43.0 Å². The first-order valence-electron chi connectivity index (χ1n) is 13.5. The van der Waals surface area contributed by atoms with Gasteiger partial charge in [0.2, 0.25) is 0 Å². The molecule has 2 N–H and O–H groups in total. The van der Waals surface area contributed by atoms with Crippen LogP contribution in [0, 0.1) is 0 Å². The van der Waals surface area contributed by atoms with Gasteiger partial charge in [-0.2, -0.15) is 0 Å². The number of piperidine rings is 1. The lowest BCUT2D eigenvalue weighted by Gasteiger charge is -2.40. The van der Waals surface area contributed by atoms with E-state index >= 15 is 0 Å². The van der Waals surface area contributed by atoms with Gasteiger partial charge in [-0.1, -0.05) is 36.4 Å². The molecule has 7 heteroatoms. The summed E-state index contributed by atoms with van der Waals surface area (Å²) in [4.78, 5) is 18.8. The smallest absolute Gasteiger partial charge is 0.304 e. The van der Waals surface area contributed by atoms with Crippen LogP contribution in [0.1, 0.15) is 48.7 Å². The molecule has 0 saturated carbocycles. The fraction of sp³-hybridized carbons (Fsp3) is 0.419. The number of carboxylic acid groups (broad SMARTS) is 1. The maximum atomic E-state index is 11.3. The van der Waals surface area contributed by atoms with Gasteiger partial charge in [0.1, 0.15) is 12.4 Å². The number of ether oxygens (including phenoxy) is 2. The number of hydrogen-bond donors (Lipinski definition) is 2. The zero-order valence-corrected chi connectivity index (χ0v) is 21.9. The summed E-state index contributed by atoms with van der Waals surface area (Å²) in [6, 6.07) is 23.2. The van der Waals surface area contributed by atoms with Crippen molar-refractivity contribution in [2.75, 3.05) is 31.2 Å². The van der Waals surface area contributed by atoms with Crippen molar-refractivity contribution in [1.29, 1.82) is 0 Å². The Morgan fingerprint density at radius 3 is 2.50 bits per heavy atom. The number of para-hydroxylation sites is 1. The van der Waals surface area contributed by atoms with Crippen LogP contribution >= 0.6 is 0 Å². The van der Waals surface area contributed by atoms with Crippen LogP contribution in [-0.2, 0) is 33.5 Å². The van der Waals surface area contributed by atoms with E-state index in [0.717, 1.165) is 55.2 Å². The number of aliphatic carboxylic acids is 1. The van der Waals surface area contributed by atoms with Crippen LogP contribution in [0.4, 0.5) is 5.69 Å². The summed E-state index contributed by atoms with van der Waals surface area (Å²) >= 11 is 0. The topological polar surface area (TPSA) is 83.9 Å². The van der Waals surface area contributed by atoms with Gasteiger partial charge in [-0.3, -0.25) is 9.78 Å². The Labute approximate surface area is 223 Å². The summed E-state index contributed by atoms with van der Waals surface area (Å²) < 4.78 is 11.4. The standard InChI is InChI=1S/C31H35N3O4/c1-22-31(13-15-32-16-14-31)27-7-2-3-8-28(27)34(22)18-24-5-4-6-25(33-24)19-38-26-11-9-23(10-12-26)30(17-29(35)36)20-37-21-30/h2-12,22,32H,13-21H2,1H3,(H,35,36). The Morgan fingerprint density at radius 1 is 1.05 bits per heavy atom. The van der Waals surface area contributed by atoms with E-state index in [2.05, 4.69) is 53.5 Å². The fourth-order valence-corrected chi connectivity index (χ4v) is 6.60. The Morgan fingerprint density at radius 2 is 1.79 bits per heavy atom. The highest BCUT2D eigenvalue weighted by molar-refractivity contribution is 5.69. The Kier molecular flexibility index (Phi) is 6.58. The molecule has 0 amide bonds. The van der Waals surface area contributed by atoms with Crippen molar-refractivity contribution in [3.63, 3.8) is 0 Å². The molecule has 0 bridgehead atoms. The lowest BCUT2D eigenvalue weighted by atomic mass is 9.70. The summed E-state index contributed by atoms with van der Waals surface area (Å²) in [5, 5.41) is 12.8. The van der Waals surface area contributed by atoms with Crippen LogP contribution < -0.4 is 15.0 Å². The van der Waals surface area contributed by atoms with Crippen molar-refractivity contribution in [2.45, 2.75) is 56.2 Å². The normalized spacial score (nSPS) is 21.1. The molecule has 3 aromatic rings. The second-order valence-electron chi connectivity index (χ2n) is 11.0. The summed E-state index contributed by atoms with van der Waals surface area (Å²) in [5.41, 5.74) is 5.48. The fourth-order valence-electron chi connectivity index (χ4n) is 6.60. The molecule has 38 heavy (non-hydrogen) atoms. The van der Waals surface area contributed by atoms with Gasteiger partial charge in [0.25, 0.3) is 0 Å². The zero-order chi connectivity index (χ0) is 26.2. The molecule has 2 aromatic carbocycles. The molecule has 1 spiro atoms. The minimum Gasteiger partial charge on any atom is -0.487 e. The summed E-state index contributed by atoms with van der Waals surface area (Å²) in [5.74, 6) is -0.0704. The van der Waals surface area contributed by atoms with Crippen LogP contribution in [0.5, 0.6) is 5.75 Å². The molecule has 6 rings (SSSR count). The molecule has 7 nitrogen and oxygen atoms in total. The van der Waals surface area contributed by atoms with Crippen molar-refractivity contribution in [3.05, 3.63) is 89.2 Å². The first-order valence-corrected chi connectivity index (χ1v) is 13.5. The third kappa shape index (κ3) is 4.44. The van der Waals surface area contributed by atoms with Gasteiger partial charge in [-0.25, -0.2) is 0 Å². The van der Waals surface area contributed by atoms with E-state index in [-0.39, 0.29) is 11.8 Å². The molecule has 1 aromatic heterocycles. The number of carbonyl (C=O) groups is 1. The van der Waals surface area contributed by atoms with Crippen molar-refractivity contribution in [1.82, 2.24) is 10.3 Å². The number of aromatic nitrogens is 1. The van der Waals surface area contributed by atoms with Gasteiger partial charge < -0.3 is 24.8 Å². The first kappa shape index (κ1) is 24.9. The number of nitrogens with one attached hydrogen (secondary N) is 1. The second-order valence-corrected chi connectivity index (χ2v) is 11.0. The number of fused-ring (bicyclic) bond motifs is 2. The van der Waals surface area contributed by atoms with E-state index < -0.39 is 11.4 Å². The number of carboxylic acids is 1. The second kappa shape index (κ2) is 10.0. The zero-order valence-electron chi connectivity index (χ0n) is 21.9. The molecule has 3 aliphatic heterocycles. The highest BCUT2D eigenvalue weighted by atomic mass is 16.5. The van der Waals surface area contributed by atoms with Crippen LogP contribution in [0.15, 0.2) is 66.7 Å². The lowest BCUT2D eigenvalue weighted by Crippen LogP contribution is -2.48. The van der Waals surface area contributed by atoms with E-state index in [1.165, 1.54) is 11.3 Å². The predicted octanol–water partition coefficient (Wildman–Crippen LogP) is 4.43. The van der Waals surface area contributed by atoms with Crippen molar-refractivity contribution in [2.24, 2.45) is 0 Å². The molecule has 0 aliphatic carbocycles. The van der Waals surface area contributed by atoms with E-state index in [1.807, 2.05) is 30.3 Å². The van der Waals surface area contributed by atoms with Gasteiger partial charge in [0, 0.05) is 17.1 Å². The van der Waals surface area contributed by atoms with Crippen LogP contribution in [0.25, 0.3) is 0 Å². The molecule has 2 fully saturated rings. The molecule has 2 saturated heterocycles. The average Bonchev–Trinajstić information content (AvgIpc) is 3.13. The number of rotatable bonds is 8. The van der Waals surface area contributed by atoms with Crippen molar-refractivity contribution < 1.29 is 19.4 Å². The maximum Gasteiger partial charge on any atom is 0.304 e. The largest absolute Gasteiger partial charge is 0.487 e. The van der Waals surface area contributed by atoms with Crippen molar-refractivity contribution in [3.8, 4) is 5.75 Å². The molecular weight excluding hydrogens is 478 g/mol. The van der Waals surface area contributed by atoms with Crippen molar-refractivity contribution >= 4 is 11.7 Å². The molecule has 0 radical (unpaired) electrons. The number of benzene rings is 2. The maximum absolute atomic E-state index is 11.3. The number of pyridine rings is 1. The SMILES string of the molecule is CC1N(Cc2cccc(COc3ccc(C4(CC(=O)O)COC4)cc3)n2)c2ccccc2C12CCNCC2. The molecule has 1 atom stereocenters. The van der Waals surface area contributed by atoms with Crippen LogP contribution in [0.3, 0.4) is 0 Å².